The van der Waals surface area contributed by atoms with Crippen molar-refractivity contribution in [3.05, 3.63) is 102 Å². The standard InChI is InChI=1S/C22H14BrN5O5S/c1-13-2-7-19-20(8-13)34-22(25-19)26(24-12-14-3-5-16(23)6-4-14)21(29)15-9-17(27(30)31)11-18(10-15)28(32)33/h2-12H,1H3/b24-12+. The normalized spacial score (nSPS) is 11.1. The fourth-order valence-electron chi connectivity index (χ4n) is 3.02. The lowest BCUT2D eigenvalue weighted by Gasteiger charge is -2.13. The topological polar surface area (TPSA) is 132 Å². The summed E-state index contributed by atoms with van der Waals surface area (Å²) in [6.45, 7) is 1.93. The van der Waals surface area contributed by atoms with E-state index in [4.69, 9.17) is 0 Å². The van der Waals surface area contributed by atoms with Gasteiger partial charge in [-0.3, -0.25) is 25.0 Å². The number of carbonyl (C=O) groups is 1. The molecule has 1 amide bonds. The summed E-state index contributed by atoms with van der Waals surface area (Å²) in [4.78, 5) is 38.9. The number of nitro groups is 2. The first-order valence-electron chi connectivity index (χ1n) is 9.66. The van der Waals surface area contributed by atoms with E-state index in [1.807, 2.05) is 25.1 Å². The molecule has 0 N–H and O–H groups in total. The first kappa shape index (κ1) is 23.1. The van der Waals surface area contributed by atoms with Crippen LogP contribution in [0.4, 0.5) is 16.5 Å². The fourth-order valence-corrected chi connectivity index (χ4v) is 4.31. The van der Waals surface area contributed by atoms with Crippen molar-refractivity contribution >= 4 is 66.1 Å². The second kappa shape index (κ2) is 9.45. The molecule has 0 aliphatic carbocycles. The van der Waals surface area contributed by atoms with Crippen LogP contribution in [0.1, 0.15) is 21.5 Å². The number of nitrogens with zero attached hydrogens (tertiary/aromatic N) is 5. The highest BCUT2D eigenvalue weighted by atomic mass is 79.9. The van der Waals surface area contributed by atoms with E-state index in [0.29, 0.717) is 11.1 Å². The molecule has 1 heterocycles. The van der Waals surface area contributed by atoms with Crippen LogP contribution in [-0.4, -0.2) is 27.0 Å². The molecule has 0 aliphatic rings. The monoisotopic (exact) mass is 539 g/mol. The highest BCUT2D eigenvalue weighted by molar-refractivity contribution is 9.10. The van der Waals surface area contributed by atoms with E-state index in [-0.39, 0.29) is 10.7 Å². The van der Waals surface area contributed by atoms with E-state index < -0.39 is 27.1 Å². The van der Waals surface area contributed by atoms with Crippen LogP contribution in [0.15, 0.2) is 70.2 Å². The van der Waals surface area contributed by atoms with Crippen molar-refractivity contribution in [1.29, 1.82) is 0 Å². The first-order valence-corrected chi connectivity index (χ1v) is 11.3. The molecule has 0 saturated carbocycles. The van der Waals surface area contributed by atoms with Gasteiger partial charge in [-0.1, -0.05) is 45.5 Å². The molecule has 0 atom stereocenters. The van der Waals surface area contributed by atoms with Crippen LogP contribution in [0.5, 0.6) is 0 Å². The number of hydrazone groups is 1. The average molecular weight is 540 g/mol. The summed E-state index contributed by atoms with van der Waals surface area (Å²) in [6, 6.07) is 15.5. The Labute approximate surface area is 204 Å². The van der Waals surface area contributed by atoms with E-state index in [1.165, 1.54) is 17.6 Å². The van der Waals surface area contributed by atoms with E-state index in [2.05, 4.69) is 26.0 Å². The zero-order valence-corrected chi connectivity index (χ0v) is 19.8. The third-order valence-corrected chi connectivity index (χ3v) is 6.19. The molecule has 10 nitrogen and oxygen atoms in total. The van der Waals surface area contributed by atoms with Gasteiger partial charge in [-0.25, -0.2) is 4.98 Å². The predicted octanol–water partition coefficient (Wildman–Crippen LogP) is 5.86. The quantitative estimate of drug-likeness (QED) is 0.171. The first-order chi connectivity index (χ1) is 16.2. The largest absolute Gasteiger partial charge is 0.281 e. The Bertz CT molecular complexity index is 1440. The highest BCUT2D eigenvalue weighted by Crippen LogP contribution is 2.32. The van der Waals surface area contributed by atoms with Gasteiger partial charge in [0.15, 0.2) is 0 Å². The van der Waals surface area contributed by atoms with Gasteiger partial charge < -0.3 is 0 Å². The summed E-state index contributed by atoms with van der Waals surface area (Å²) < 4.78 is 1.68. The van der Waals surface area contributed by atoms with Crippen molar-refractivity contribution in [2.24, 2.45) is 5.10 Å². The van der Waals surface area contributed by atoms with Gasteiger partial charge in [0.05, 0.1) is 37.9 Å². The van der Waals surface area contributed by atoms with E-state index in [9.17, 15) is 25.0 Å². The smallest absolute Gasteiger partial charge is 0.267 e. The molecule has 12 heteroatoms. The van der Waals surface area contributed by atoms with Crippen LogP contribution in [0.2, 0.25) is 0 Å². The van der Waals surface area contributed by atoms with E-state index >= 15 is 0 Å². The average Bonchev–Trinajstić information content (AvgIpc) is 3.22. The molecule has 1 aromatic heterocycles. The van der Waals surface area contributed by atoms with Gasteiger partial charge in [-0.05, 0) is 42.3 Å². The van der Waals surface area contributed by atoms with Gasteiger partial charge in [-0.2, -0.15) is 10.1 Å². The number of non-ortho nitro benzene ring substituents is 2. The Balaban J connectivity index is 1.82. The minimum Gasteiger partial charge on any atom is -0.267 e. The molecule has 0 spiro atoms. The predicted molar refractivity (Wildman–Crippen MR) is 133 cm³/mol. The zero-order valence-electron chi connectivity index (χ0n) is 17.4. The molecule has 0 saturated heterocycles. The number of hydrogen-bond acceptors (Lipinski definition) is 8. The maximum absolute atomic E-state index is 13.4. The minimum absolute atomic E-state index is 0.216. The van der Waals surface area contributed by atoms with Gasteiger partial charge in [0.2, 0.25) is 5.13 Å². The Morgan fingerprint density at radius 2 is 1.68 bits per heavy atom. The van der Waals surface area contributed by atoms with E-state index in [1.54, 1.807) is 24.3 Å². The summed E-state index contributed by atoms with van der Waals surface area (Å²) >= 11 is 4.56. The minimum atomic E-state index is -0.795. The summed E-state index contributed by atoms with van der Waals surface area (Å²) in [5.74, 6) is -0.795. The van der Waals surface area contributed by atoms with Crippen molar-refractivity contribution < 1.29 is 14.6 Å². The van der Waals surface area contributed by atoms with Crippen molar-refractivity contribution in [1.82, 2.24) is 4.98 Å². The van der Waals surface area contributed by atoms with Crippen molar-refractivity contribution in [2.75, 3.05) is 5.01 Å². The number of halogens is 1. The van der Waals surface area contributed by atoms with Crippen LogP contribution >= 0.6 is 27.3 Å². The fraction of sp³-hybridized carbons (Fsp3) is 0.0455. The van der Waals surface area contributed by atoms with Gasteiger partial charge in [-0.15, -0.1) is 0 Å². The number of anilines is 1. The van der Waals surface area contributed by atoms with Crippen LogP contribution in [-0.2, 0) is 0 Å². The highest BCUT2D eigenvalue weighted by Gasteiger charge is 2.26. The molecular weight excluding hydrogens is 526 g/mol. The maximum Gasteiger partial charge on any atom is 0.281 e. The molecule has 34 heavy (non-hydrogen) atoms. The lowest BCUT2D eigenvalue weighted by atomic mass is 10.1. The number of carbonyl (C=O) groups excluding carboxylic acids is 1. The molecule has 4 aromatic rings. The number of hydrogen-bond donors (Lipinski definition) is 0. The van der Waals surface area contributed by atoms with Crippen molar-refractivity contribution in [2.45, 2.75) is 6.92 Å². The summed E-state index contributed by atoms with van der Waals surface area (Å²) in [5.41, 5.74) is 0.927. The Hall–Kier alpha value is -4.03. The van der Waals surface area contributed by atoms with Crippen LogP contribution in [0, 0.1) is 27.2 Å². The number of benzene rings is 3. The lowest BCUT2D eigenvalue weighted by Crippen LogP contribution is -2.25. The Kier molecular flexibility index (Phi) is 6.43. The SMILES string of the molecule is Cc1ccc2nc(N(/N=C/c3ccc(Br)cc3)C(=O)c3cc([N+](=O)[O-])cc([N+](=O)[O-])c3)sc2c1. The molecule has 0 bridgehead atoms. The molecule has 3 aromatic carbocycles. The Morgan fingerprint density at radius 1 is 1.03 bits per heavy atom. The number of thiazole rings is 1. The molecule has 0 unspecified atom stereocenters. The van der Waals surface area contributed by atoms with Gasteiger partial charge >= 0.3 is 0 Å². The number of aromatic nitrogens is 1. The molecule has 0 aliphatic heterocycles. The lowest BCUT2D eigenvalue weighted by molar-refractivity contribution is -0.394. The van der Waals surface area contributed by atoms with Crippen molar-refractivity contribution in [3.63, 3.8) is 0 Å². The molecule has 4 rings (SSSR count). The molecule has 170 valence electrons. The summed E-state index contributed by atoms with van der Waals surface area (Å²) in [5, 5.41) is 28.1. The molecule has 0 fully saturated rings. The third-order valence-electron chi connectivity index (χ3n) is 4.67. The number of fused-ring (bicyclic) bond motifs is 1. The molecule has 0 radical (unpaired) electrons. The number of aryl methyl sites for hydroxylation is 1. The van der Waals surface area contributed by atoms with Crippen LogP contribution < -0.4 is 5.01 Å². The summed E-state index contributed by atoms with van der Waals surface area (Å²) in [7, 11) is 0. The summed E-state index contributed by atoms with van der Waals surface area (Å²) in [6.07, 6.45) is 1.44. The number of rotatable bonds is 6. The van der Waals surface area contributed by atoms with Gasteiger partial charge in [0.1, 0.15) is 0 Å². The van der Waals surface area contributed by atoms with E-state index in [0.717, 1.165) is 37.9 Å². The number of nitro benzene ring substituents is 2. The maximum atomic E-state index is 13.4. The Morgan fingerprint density at radius 3 is 2.29 bits per heavy atom. The second-order valence-electron chi connectivity index (χ2n) is 7.13. The third kappa shape index (κ3) is 4.97. The van der Waals surface area contributed by atoms with Crippen molar-refractivity contribution in [3.8, 4) is 0 Å². The second-order valence-corrected chi connectivity index (χ2v) is 9.06. The zero-order chi connectivity index (χ0) is 24.4. The van der Waals surface area contributed by atoms with Crippen LogP contribution in [0.25, 0.3) is 10.2 Å². The van der Waals surface area contributed by atoms with Gasteiger partial charge in [0.25, 0.3) is 17.3 Å². The van der Waals surface area contributed by atoms with Gasteiger partial charge in [0, 0.05) is 16.6 Å². The molecular formula is C22H14BrN5O5S. The number of amides is 1. The van der Waals surface area contributed by atoms with Crippen LogP contribution in [0.3, 0.4) is 0 Å².